The minimum atomic E-state index is -3.71. The van der Waals surface area contributed by atoms with Crippen molar-refractivity contribution in [2.45, 2.75) is 23.9 Å². The Hall–Kier alpha value is -0.590. The highest BCUT2D eigenvalue weighted by Gasteiger charge is 2.19. The van der Waals surface area contributed by atoms with Gasteiger partial charge in [0.05, 0.1) is 6.04 Å². The summed E-state index contributed by atoms with van der Waals surface area (Å²) in [5, 5.41) is 3.86. The zero-order valence-electron chi connectivity index (χ0n) is 7.97. The summed E-state index contributed by atoms with van der Waals surface area (Å²) in [5.41, 5.74) is 0. The Kier molecular flexibility index (Phi) is 2.99. The molecule has 84 valence electrons. The molecule has 1 fully saturated rings. The molecule has 0 unspecified atom stereocenters. The van der Waals surface area contributed by atoms with E-state index in [1.165, 1.54) is 6.07 Å². The first-order chi connectivity index (χ1) is 7.07. The molecule has 5 nitrogen and oxygen atoms in total. The molecule has 0 saturated carbocycles. The van der Waals surface area contributed by atoms with Crippen LogP contribution in [0.15, 0.2) is 17.3 Å². The van der Waals surface area contributed by atoms with E-state index >= 15 is 0 Å². The Morgan fingerprint density at radius 1 is 1.47 bits per heavy atom. The maximum atomic E-state index is 11.0. The van der Waals surface area contributed by atoms with Crippen LogP contribution >= 0.6 is 10.7 Å². The Bertz CT molecular complexity index is 436. The Morgan fingerprint density at radius 3 is 2.67 bits per heavy atom. The molecule has 0 spiro atoms. The highest BCUT2D eigenvalue weighted by Crippen LogP contribution is 2.21. The van der Waals surface area contributed by atoms with Gasteiger partial charge in [-0.25, -0.2) is 8.42 Å². The van der Waals surface area contributed by atoms with Crippen LogP contribution in [-0.4, -0.2) is 31.4 Å². The number of aromatic nitrogens is 2. The molecule has 15 heavy (non-hydrogen) atoms. The van der Waals surface area contributed by atoms with E-state index in [2.05, 4.69) is 5.10 Å². The molecule has 1 aliphatic rings. The summed E-state index contributed by atoms with van der Waals surface area (Å²) in [5.74, 6) is 0. The van der Waals surface area contributed by atoms with Gasteiger partial charge in [0.2, 0.25) is 0 Å². The average molecular weight is 251 g/mol. The van der Waals surface area contributed by atoms with Gasteiger partial charge in [-0.05, 0) is 18.9 Å². The highest BCUT2D eigenvalue weighted by molar-refractivity contribution is 8.13. The van der Waals surface area contributed by atoms with Crippen LogP contribution in [0.4, 0.5) is 0 Å². The van der Waals surface area contributed by atoms with Crippen LogP contribution in [0.3, 0.4) is 0 Å². The molecule has 1 aromatic rings. The van der Waals surface area contributed by atoms with Crippen LogP contribution < -0.4 is 0 Å². The number of ether oxygens (including phenoxy) is 1. The molecular formula is C8H11ClN2O3S. The molecule has 0 amide bonds. The second-order valence-corrected chi connectivity index (χ2v) is 5.93. The fourth-order valence-corrected chi connectivity index (χ4v) is 2.27. The van der Waals surface area contributed by atoms with E-state index in [4.69, 9.17) is 15.4 Å². The third-order valence-corrected chi connectivity index (χ3v) is 3.59. The topological polar surface area (TPSA) is 61.2 Å². The molecule has 0 aliphatic carbocycles. The van der Waals surface area contributed by atoms with Gasteiger partial charge in [0.1, 0.15) is 0 Å². The number of hydrogen-bond donors (Lipinski definition) is 0. The van der Waals surface area contributed by atoms with Gasteiger partial charge in [-0.2, -0.15) is 5.10 Å². The largest absolute Gasteiger partial charge is 0.381 e. The first-order valence-corrected chi connectivity index (χ1v) is 6.96. The van der Waals surface area contributed by atoms with Gasteiger partial charge in [-0.3, -0.25) is 4.68 Å². The molecule has 0 N–H and O–H groups in total. The molecule has 0 radical (unpaired) electrons. The summed E-state index contributed by atoms with van der Waals surface area (Å²) in [6.45, 7) is 1.38. The van der Waals surface area contributed by atoms with Crippen molar-refractivity contribution in [2.24, 2.45) is 0 Å². The van der Waals surface area contributed by atoms with Crippen molar-refractivity contribution in [2.75, 3.05) is 13.2 Å². The highest BCUT2D eigenvalue weighted by atomic mass is 35.7. The zero-order chi connectivity index (χ0) is 10.9. The van der Waals surface area contributed by atoms with Crippen LogP contribution in [0.1, 0.15) is 18.9 Å². The van der Waals surface area contributed by atoms with E-state index in [9.17, 15) is 8.42 Å². The summed E-state index contributed by atoms with van der Waals surface area (Å²) < 4.78 is 28.8. The third-order valence-electron chi connectivity index (χ3n) is 2.40. The average Bonchev–Trinajstić information content (AvgIpc) is 2.67. The first-order valence-electron chi connectivity index (χ1n) is 4.65. The second-order valence-electron chi connectivity index (χ2n) is 3.42. The molecule has 0 aromatic carbocycles. The van der Waals surface area contributed by atoms with E-state index in [1.54, 1.807) is 10.9 Å². The first kappa shape index (κ1) is 10.9. The molecule has 0 bridgehead atoms. The van der Waals surface area contributed by atoms with Gasteiger partial charge in [0.15, 0.2) is 5.03 Å². The monoisotopic (exact) mass is 250 g/mol. The lowest BCUT2D eigenvalue weighted by Crippen LogP contribution is -2.20. The van der Waals surface area contributed by atoms with Gasteiger partial charge < -0.3 is 4.74 Å². The van der Waals surface area contributed by atoms with Crippen LogP contribution in [0, 0.1) is 0 Å². The van der Waals surface area contributed by atoms with Gasteiger partial charge >= 0.3 is 0 Å². The number of nitrogens with zero attached hydrogens (tertiary/aromatic N) is 2. The Balaban J connectivity index is 2.19. The van der Waals surface area contributed by atoms with E-state index in [0.29, 0.717) is 13.2 Å². The number of hydrogen-bond acceptors (Lipinski definition) is 4. The predicted molar refractivity (Wildman–Crippen MR) is 54.4 cm³/mol. The standard InChI is InChI=1S/C8H11ClN2O3S/c9-15(12,13)8-1-4-11(10-8)7-2-5-14-6-3-7/h1,4,7H,2-3,5-6H2. The summed E-state index contributed by atoms with van der Waals surface area (Å²) in [6, 6.07) is 1.63. The van der Waals surface area contributed by atoms with Crippen LogP contribution in [0.5, 0.6) is 0 Å². The molecule has 2 heterocycles. The summed E-state index contributed by atoms with van der Waals surface area (Å²) in [7, 11) is 1.47. The molecule has 1 saturated heterocycles. The fourth-order valence-electron chi connectivity index (χ4n) is 1.60. The molecule has 2 rings (SSSR count). The number of halogens is 1. The summed E-state index contributed by atoms with van der Waals surface area (Å²) in [6.07, 6.45) is 3.35. The fraction of sp³-hybridized carbons (Fsp3) is 0.625. The van der Waals surface area contributed by atoms with Crippen molar-refractivity contribution in [1.29, 1.82) is 0 Å². The maximum Gasteiger partial charge on any atom is 0.280 e. The SMILES string of the molecule is O=S(=O)(Cl)c1ccn(C2CCOCC2)n1. The Labute approximate surface area is 92.4 Å². The molecule has 1 aromatic heterocycles. The van der Waals surface area contributed by atoms with Crippen LogP contribution in [-0.2, 0) is 13.8 Å². The van der Waals surface area contributed by atoms with Crippen molar-refractivity contribution in [1.82, 2.24) is 9.78 Å². The third kappa shape index (κ3) is 2.50. The van der Waals surface area contributed by atoms with Crippen molar-refractivity contribution in [3.8, 4) is 0 Å². The minimum Gasteiger partial charge on any atom is -0.381 e. The molecule has 0 atom stereocenters. The van der Waals surface area contributed by atoms with Crippen LogP contribution in [0.2, 0.25) is 0 Å². The molecule has 7 heteroatoms. The maximum absolute atomic E-state index is 11.0. The number of rotatable bonds is 2. The predicted octanol–water partition coefficient (Wildman–Crippen LogP) is 1.16. The van der Waals surface area contributed by atoms with Gasteiger partial charge in [-0.1, -0.05) is 0 Å². The Morgan fingerprint density at radius 2 is 2.13 bits per heavy atom. The normalized spacial score (nSPS) is 19.3. The summed E-state index contributed by atoms with van der Waals surface area (Å²) in [4.78, 5) is 0. The van der Waals surface area contributed by atoms with Crippen molar-refractivity contribution in [3.05, 3.63) is 12.3 Å². The van der Waals surface area contributed by atoms with Gasteiger partial charge in [0.25, 0.3) is 9.05 Å². The van der Waals surface area contributed by atoms with E-state index in [-0.39, 0.29) is 11.1 Å². The lowest BCUT2D eigenvalue weighted by Gasteiger charge is -2.22. The smallest absolute Gasteiger partial charge is 0.280 e. The lowest BCUT2D eigenvalue weighted by molar-refractivity contribution is 0.0659. The van der Waals surface area contributed by atoms with E-state index < -0.39 is 9.05 Å². The summed E-state index contributed by atoms with van der Waals surface area (Å²) >= 11 is 0. The molecule has 1 aliphatic heterocycles. The molecular weight excluding hydrogens is 240 g/mol. The van der Waals surface area contributed by atoms with Gasteiger partial charge in [-0.15, -0.1) is 0 Å². The van der Waals surface area contributed by atoms with E-state index in [0.717, 1.165) is 12.8 Å². The van der Waals surface area contributed by atoms with Crippen molar-refractivity contribution in [3.63, 3.8) is 0 Å². The second kappa shape index (κ2) is 4.11. The van der Waals surface area contributed by atoms with Crippen LogP contribution in [0.25, 0.3) is 0 Å². The lowest BCUT2D eigenvalue weighted by atomic mass is 10.1. The minimum absolute atomic E-state index is 0.0874. The van der Waals surface area contributed by atoms with E-state index in [1.807, 2.05) is 0 Å². The van der Waals surface area contributed by atoms with Crippen molar-refractivity contribution >= 4 is 19.7 Å². The van der Waals surface area contributed by atoms with Crippen molar-refractivity contribution < 1.29 is 13.2 Å². The quantitative estimate of drug-likeness (QED) is 0.739. The van der Waals surface area contributed by atoms with Gasteiger partial charge in [0, 0.05) is 30.1 Å². The zero-order valence-corrected chi connectivity index (χ0v) is 9.54.